The molecule has 0 fully saturated rings. The third kappa shape index (κ3) is 2.04. The van der Waals surface area contributed by atoms with Gasteiger partial charge < -0.3 is 10.2 Å². The van der Waals surface area contributed by atoms with Gasteiger partial charge in [-0.05, 0) is 12.8 Å². The highest BCUT2D eigenvalue weighted by atomic mass is 16.3. The van der Waals surface area contributed by atoms with Gasteiger partial charge in [-0.1, -0.05) is 25.5 Å². The smallest absolute Gasteiger partial charge is 0.0864 e. The molecule has 0 saturated heterocycles. The summed E-state index contributed by atoms with van der Waals surface area (Å²) < 4.78 is 0. The molecule has 11 heavy (non-hydrogen) atoms. The van der Waals surface area contributed by atoms with Crippen molar-refractivity contribution in [2.75, 3.05) is 0 Å². The molecule has 64 valence electrons. The standard InChI is InChI=1S/C9H16O2/c1-2-4-7-5-3-6-8(10)9(7)11/h3,5,7-11H,2,4,6H2,1H3/t7-,8-,9+/m1/s1. The van der Waals surface area contributed by atoms with E-state index < -0.39 is 12.2 Å². The van der Waals surface area contributed by atoms with Crippen LogP contribution < -0.4 is 0 Å². The minimum Gasteiger partial charge on any atom is -0.390 e. The highest BCUT2D eigenvalue weighted by molar-refractivity contribution is 5.00. The van der Waals surface area contributed by atoms with Crippen LogP contribution in [0.25, 0.3) is 0 Å². The quantitative estimate of drug-likeness (QED) is 0.587. The maximum atomic E-state index is 9.47. The van der Waals surface area contributed by atoms with Crippen molar-refractivity contribution in [3.63, 3.8) is 0 Å². The van der Waals surface area contributed by atoms with E-state index in [0.29, 0.717) is 6.42 Å². The van der Waals surface area contributed by atoms with Crippen molar-refractivity contribution in [1.29, 1.82) is 0 Å². The molecule has 1 aliphatic rings. The van der Waals surface area contributed by atoms with E-state index in [1.807, 2.05) is 12.2 Å². The van der Waals surface area contributed by atoms with Crippen molar-refractivity contribution >= 4 is 0 Å². The third-order valence-corrected chi connectivity index (χ3v) is 2.22. The van der Waals surface area contributed by atoms with Gasteiger partial charge in [-0.2, -0.15) is 0 Å². The van der Waals surface area contributed by atoms with Gasteiger partial charge in [-0.15, -0.1) is 0 Å². The van der Waals surface area contributed by atoms with Crippen LogP contribution in [0, 0.1) is 5.92 Å². The van der Waals surface area contributed by atoms with Crippen molar-refractivity contribution in [1.82, 2.24) is 0 Å². The van der Waals surface area contributed by atoms with E-state index in [0.717, 1.165) is 12.8 Å². The minimum absolute atomic E-state index is 0.170. The van der Waals surface area contributed by atoms with Gasteiger partial charge in [0.25, 0.3) is 0 Å². The summed E-state index contributed by atoms with van der Waals surface area (Å²) in [5.41, 5.74) is 0. The lowest BCUT2D eigenvalue weighted by Crippen LogP contribution is -2.34. The fourth-order valence-electron chi connectivity index (χ4n) is 1.53. The molecule has 0 aromatic rings. The Kier molecular flexibility index (Phi) is 3.09. The van der Waals surface area contributed by atoms with Gasteiger partial charge in [0, 0.05) is 5.92 Å². The lowest BCUT2D eigenvalue weighted by molar-refractivity contribution is -0.0110. The number of aliphatic hydroxyl groups is 2. The lowest BCUT2D eigenvalue weighted by Gasteiger charge is -2.27. The Bertz CT molecular complexity index is 142. The number of aliphatic hydroxyl groups excluding tert-OH is 2. The summed E-state index contributed by atoms with van der Waals surface area (Å²) >= 11 is 0. The zero-order valence-corrected chi connectivity index (χ0v) is 6.90. The van der Waals surface area contributed by atoms with E-state index in [4.69, 9.17) is 0 Å². The molecule has 0 heterocycles. The lowest BCUT2D eigenvalue weighted by atomic mass is 9.87. The predicted octanol–water partition coefficient (Wildman–Crippen LogP) is 1.08. The second-order valence-corrected chi connectivity index (χ2v) is 3.17. The Balaban J connectivity index is 2.50. The number of hydrogen-bond acceptors (Lipinski definition) is 2. The molecule has 2 nitrogen and oxygen atoms in total. The van der Waals surface area contributed by atoms with Crippen LogP contribution in [0.15, 0.2) is 12.2 Å². The van der Waals surface area contributed by atoms with Gasteiger partial charge in [-0.3, -0.25) is 0 Å². The van der Waals surface area contributed by atoms with Crippen LogP contribution in [0.5, 0.6) is 0 Å². The molecule has 1 rings (SSSR count). The molecule has 2 heteroatoms. The first-order valence-electron chi connectivity index (χ1n) is 4.28. The van der Waals surface area contributed by atoms with Crippen LogP contribution in [0.1, 0.15) is 26.2 Å². The second-order valence-electron chi connectivity index (χ2n) is 3.17. The van der Waals surface area contributed by atoms with E-state index in [9.17, 15) is 10.2 Å². The molecule has 0 aromatic carbocycles. The van der Waals surface area contributed by atoms with E-state index in [1.54, 1.807) is 0 Å². The molecule has 0 radical (unpaired) electrons. The zero-order valence-electron chi connectivity index (χ0n) is 6.90. The van der Waals surface area contributed by atoms with Gasteiger partial charge in [0.15, 0.2) is 0 Å². The second kappa shape index (κ2) is 3.88. The maximum absolute atomic E-state index is 9.47. The van der Waals surface area contributed by atoms with Crippen LogP contribution >= 0.6 is 0 Å². The highest BCUT2D eigenvalue weighted by Gasteiger charge is 2.25. The third-order valence-electron chi connectivity index (χ3n) is 2.22. The molecule has 0 amide bonds. The van der Waals surface area contributed by atoms with Crippen LogP contribution in [0.2, 0.25) is 0 Å². The molecule has 0 aromatic heterocycles. The first-order valence-corrected chi connectivity index (χ1v) is 4.28. The highest BCUT2D eigenvalue weighted by Crippen LogP contribution is 2.22. The molecule has 1 aliphatic carbocycles. The van der Waals surface area contributed by atoms with Crippen molar-refractivity contribution in [2.45, 2.75) is 38.4 Å². The van der Waals surface area contributed by atoms with E-state index >= 15 is 0 Å². The number of hydrogen-bond donors (Lipinski definition) is 2. The fourth-order valence-corrected chi connectivity index (χ4v) is 1.53. The van der Waals surface area contributed by atoms with Crippen LogP contribution in [-0.2, 0) is 0 Å². The largest absolute Gasteiger partial charge is 0.390 e. The molecule has 0 aliphatic heterocycles. The van der Waals surface area contributed by atoms with E-state index in [1.165, 1.54) is 0 Å². The van der Waals surface area contributed by atoms with Crippen molar-refractivity contribution in [3.05, 3.63) is 12.2 Å². The summed E-state index contributed by atoms with van der Waals surface area (Å²) in [7, 11) is 0. The van der Waals surface area contributed by atoms with Gasteiger partial charge >= 0.3 is 0 Å². The molecule has 2 N–H and O–H groups in total. The van der Waals surface area contributed by atoms with Crippen molar-refractivity contribution in [2.24, 2.45) is 5.92 Å². The average molecular weight is 156 g/mol. The summed E-state index contributed by atoms with van der Waals surface area (Å²) in [6.07, 6.45) is 5.50. The van der Waals surface area contributed by atoms with Crippen molar-refractivity contribution in [3.8, 4) is 0 Å². The zero-order chi connectivity index (χ0) is 8.27. The van der Waals surface area contributed by atoms with Crippen molar-refractivity contribution < 1.29 is 10.2 Å². The van der Waals surface area contributed by atoms with Gasteiger partial charge in [0.2, 0.25) is 0 Å². The van der Waals surface area contributed by atoms with E-state index in [2.05, 4.69) is 6.92 Å². The summed E-state index contributed by atoms with van der Waals surface area (Å²) in [6.45, 7) is 2.08. The summed E-state index contributed by atoms with van der Waals surface area (Å²) in [5, 5.41) is 18.7. The normalized spacial score (nSPS) is 37.5. The van der Waals surface area contributed by atoms with Gasteiger partial charge in [0.1, 0.15) is 0 Å². The molecule has 0 unspecified atom stereocenters. The monoisotopic (exact) mass is 156 g/mol. The Morgan fingerprint density at radius 3 is 2.82 bits per heavy atom. The average Bonchev–Trinajstić information content (AvgIpc) is 1.99. The number of rotatable bonds is 2. The van der Waals surface area contributed by atoms with E-state index in [-0.39, 0.29) is 5.92 Å². The fraction of sp³-hybridized carbons (Fsp3) is 0.778. The van der Waals surface area contributed by atoms with Crippen LogP contribution in [0.3, 0.4) is 0 Å². The van der Waals surface area contributed by atoms with Crippen LogP contribution in [0.4, 0.5) is 0 Å². The topological polar surface area (TPSA) is 40.5 Å². The molecule has 0 saturated carbocycles. The minimum atomic E-state index is -0.545. The maximum Gasteiger partial charge on any atom is 0.0864 e. The Morgan fingerprint density at radius 1 is 1.45 bits per heavy atom. The first kappa shape index (κ1) is 8.75. The molecule has 3 atom stereocenters. The Hall–Kier alpha value is -0.340. The first-order chi connectivity index (χ1) is 5.25. The summed E-state index contributed by atoms with van der Waals surface area (Å²) in [5.74, 6) is 0.170. The summed E-state index contributed by atoms with van der Waals surface area (Å²) in [6, 6.07) is 0. The summed E-state index contributed by atoms with van der Waals surface area (Å²) in [4.78, 5) is 0. The molecular weight excluding hydrogens is 140 g/mol. The SMILES string of the molecule is CCC[C@@H]1C=CC[C@@H](O)[C@H]1O. The molecular formula is C9H16O2. The van der Waals surface area contributed by atoms with Gasteiger partial charge in [0.05, 0.1) is 12.2 Å². The Morgan fingerprint density at radius 2 is 2.18 bits per heavy atom. The van der Waals surface area contributed by atoms with Gasteiger partial charge in [-0.25, -0.2) is 0 Å². The van der Waals surface area contributed by atoms with Crippen LogP contribution in [-0.4, -0.2) is 22.4 Å². The Labute approximate surface area is 67.6 Å². The predicted molar refractivity (Wildman–Crippen MR) is 44.2 cm³/mol. The molecule has 0 spiro atoms. The molecule has 0 bridgehead atoms.